The van der Waals surface area contributed by atoms with Crippen LogP contribution in [0.5, 0.6) is 0 Å². The second kappa shape index (κ2) is 5.72. The number of halogens is 2. The number of aliphatic hydroxyl groups excluding tert-OH is 1. The summed E-state index contributed by atoms with van der Waals surface area (Å²) in [6, 6.07) is 3.36. The molecular weight excluding hydrogens is 276 g/mol. The average molecular weight is 295 g/mol. The Kier molecular flexibility index (Phi) is 3.93. The van der Waals surface area contributed by atoms with Crippen LogP contribution >= 0.6 is 0 Å². The van der Waals surface area contributed by atoms with E-state index in [-0.39, 0.29) is 35.3 Å². The van der Waals surface area contributed by atoms with Crippen molar-refractivity contribution >= 4 is 5.91 Å². The van der Waals surface area contributed by atoms with Gasteiger partial charge in [0.05, 0.1) is 6.10 Å². The first-order chi connectivity index (χ1) is 10.1. The summed E-state index contributed by atoms with van der Waals surface area (Å²) in [5, 5.41) is 12.5. The Bertz CT molecular complexity index is 549. The zero-order chi connectivity index (χ0) is 15.0. The summed E-state index contributed by atoms with van der Waals surface area (Å²) in [7, 11) is 0. The number of aliphatic hydroxyl groups is 1. The Balaban J connectivity index is 1.55. The second-order valence-electron chi connectivity index (χ2n) is 6.12. The molecule has 1 amide bonds. The molecule has 3 rings (SSSR count). The number of carbonyl (C=O) groups is 1. The molecule has 2 fully saturated rings. The molecule has 0 heterocycles. The van der Waals surface area contributed by atoms with Gasteiger partial charge in [0, 0.05) is 18.4 Å². The fourth-order valence-corrected chi connectivity index (χ4v) is 3.25. The highest BCUT2D eigenvalue weighted by molar-refractivity contribution is 5.82. The molecule has 0 aromatic heterocycles. The fraction of sp³-hybridized carbons (Fsp3) is 0.562. The van der Waals surface area contributed by atoms with Crippen molar-refractivity contribution in [2.24, 2.45) is 11.8 Å². The number of amides is 1. The highest BCUT2D eigenvalue weighted by Crippen LogP contribution is 2.48. The minimum atomic E-state index is -0.480. The van der Waals surface area contributed by atoms with E-state index in [1.807, 2.05) is 0 Å². The van der Waals surface area contributed by atoms with Crippen LogP contribution in [0.2, 0.25) is 0 Å². The summed E-state index contributed by atoms with van der Waals surface area (Å²) in [5.41, 5.74) is 0.288. The van der Waals surface area contributed by atoms with Gasteiger partial charge < -0.3 is 10.4 Å². The Morgan fingerprint density at radius 3 is 2.86 bits per heavy atom. The first-order valence-electron chi connectivity index (χ1n) is 7.47. The molecule has 0 spiro atoms. The minimum absolute atomic E-state index is 0.122. The molecule has 0 saturated heterocycles. The van der Waals surface area contributed by atoms with E-state index in [9.17, 15) is 18.7 Å². The first kappa shape index (κ1) is 14.4. The Morgan fingerprint density at radius 2 is 2.14 bits per heavy atom. The van der Waals surface area contributed by atoms with Gasteiger partial charge in [-0.15, -0.1) is 0 Å². The predicted octanol–water partition coefficient (Wildman–Crippen LogP) is 2.35. The molecule has 4 atom stereocenters. The summed E-state index contributed by atoms with van der Waals surface area (Å²) in [6.07, 6.45) is 2.93. The van der Waals surface area contributed by atoms with Gasteiger partial charge in [-0.1, -0.05) is 6.42 Å². The summed E-state index contributed by atoms with van der Waals surface area (Å²) in [5.74, 6) is -1.44. The molecule has 1 aromatic rings. The maximum Gasteiger partial charge on any atom is 0.223 e. The molecule has 5 heteroatoms. The SMILES string of the molecule is O=C(NCC1CCCC1O)C1CC1c1cc(F)ccc1F. The van der Waals surface area contributed by atoms with Crippen molar-refractivity contribution in [3.8, 4) is 0 Å². The number of benzene rings is 1. The molecule has 0 radical (unpaired) electrons. The number of carbonyl (C=O) groups excluding carboxylic acids is 1. The van der Waals surface area contributed by atoms with E-state index in [2.05, 4.69) is 5.32 Å². The third-order valence-corrected chi connectivity index (χ3v) is 4.64. The molecule has 21 heavy (non-hydrogen) atoms. The van der Waals surface area contributed by atoms with Gasteiger partial charge in [0.2, 0.25) is 5.91 Å². The Morgan fingerprint density at radius 1 is 1.33 bits per heavy atom. The first-order valence-corrected chi connectivity index (χ1v) is 7.47. The quantitative estimate of drug-likeness (QED) is 0.896. The number of rotatable bonds is 4. The molecule has 0 aliphatic heterocycles. The Hall–Kier alpha value is -1.49. The molecular formula is C16H19F2NO2. The van der Waals surface area contributed by atoms with Crippen LogP contribution in [0, 0.1) is 23.5 Å². The van der Waals surface area contributed by atoms with Crippen molar-refractivity contribution in [2.75, 3.05) is 6.54 Å². The molecule has 3 nitrogen and oxygen atoms in total. The van der Waals surface area contributed by atoms with Crippen LogP contribution in [0.4, 0.5) is 8.78 Å². The van der Waals surface area contributed by atoms with Crippen LogP contribution in [-0.2, 0) is 4.79 Å². The van der Waals surface area contributed by atoms with Gasteiger partial charge in [-0.2, -0.15) is 0 Å². The average Bonchev–Trinajstić information content (AvgIpc) is 3.15. The van der Waals surface area contributed by atoms with Gasteiger partial charge >= 0.3 is 0 Å². The van der Waals surface area contributed by atoms with Crippen molar-refractivity contribution in [3.63, 3.8) is 0 Å². The lowest BCUT2D eigenvalue weighted by molar-refractivity contribution is -0.122. The maximum absolute atomic E-state index is 13.6. The van der Waals surface area contributed by atoms with Gasteiger partial charge in [-0.25, -0.2) is 8.78 Å². The molecule has 2 aliphatic carbocycles. The molecule has 1 aromatic carbocycles. The van der Waals surface area contributed by atoms with E-state index in [1.165, 1.54) is 6.07 Å². The van der Waals surface area contributed by atoms with Gasteiger partial charge in [-0.05, 0) is 48.9 Å². The largest absolute Gasteiger partial charge is 0.393 e. The standard InChI is InChI=1S/C16H19F2NO2/c17-10-4-5-14(18)12(6-10)11-7-13(11)16(21)19-8-9-2-1-3-15(9)20/h4-6,9,11,13,15,20H,1-3,7-8H2,(H,19,21). The lowest BCUT2D eigenvalue weighted by atomic mass is 10.1. The van der Waals surface area contributed by atoms with Crippen molar-refractivity contribution in [3.05, 3.63) is 35.4 Å². The molecule has 0 bridgehead atoms. The highest BCUT2D eigenvalue weighted by Gasteiger charge is 2.45. The van der Waals surface area contributed by atoms with Gasteiger partial charge in [0.15, 0.2) is 0 Å². The van der Waals surface area contributed by atoms with E-state index in [0.29, 0.717) is 13.0 Å². The van der Waals surface area contributed by atoms with Gasteiger partial charge in [-0.3, -0.25) is 4.79 Å². The molecule has 2 saturated carbocycles. The fourth-order valence-electron chi connectivity index (χ4n) is 3.25. The smallest absolute Gasteiger partial charge is 0.223 e. The van der Waals surface area contributed by atoms with Gasteiger partial charge in [0.25, 0.3) is 0 Å². The molecule has 4 unspecified atom stereocenters. The zero-order valence-corrected chi connectivity index (χ0v) is 11.7. The topological polar surface area (TPSA) is 49.3 Å². The van der Waals surface area contributed by atoms with Crippen LogP contribution < -0.4 is 5.32 Å². The lowest BCUT2D eigenvalue weighted by Gasteiger charge is -2.15. The van der Waals surface area contributed by atoms with Crippen LogP contribution in [0.3, 0.4) is 0 Å². The predicted molar refractivity (Wildman–Crippen MR) is 73.6 cm³/mol. The highest BCUT2D eigenvalue weighted by atomic mass is 19.1. The number of nitrogens with one attached hydrogen (secondary N) is 1. The normalized spacial score (nSPS) is 31.2. The third kappa shape index (κ3) is 3.07. The van der Waals surface area contributed by atoms with Crippen molar-refractivity contribution in [1.82, 2.24) is 5.32 Å². The molecule has 2 aliphatic rings. The summed E-state index contributed by atoms with van der Waals surface area (Å²) in [4.78, 5) is 12.0. The maximum atomic E-state index is 13.6. The Labute approximate surface area is 122 Å². The zero-order valence-electron chi connectivity index (χ0n) is 11.7. The van der Waals surface area contributed by atoms with Crippen LogP contribution in [0.15, 0.2) is 18.2 Å². The van der Waals surface area contributed by atoms with E-state index in [1.54, 1.807) is 0 Å². The van der Waals surface area contributed by atoms with Crippen molar-refractivity contribution in [2.45, 2.75) is 37.7 Å². The summed E-state index contributed by atoms with van der Waals surface area (Å²) in [6.45, 7) is 0.467. The monoisotopic (exact) mass is 295 g/mol. The lowest BCUT2D eigenvalue weighted by Crippen LogP contribution is -2.33. The van der Waals surface area contributed by atoms with Crippen LogP contribution in [0.25, 0.3) is 0 Å². The molecule has 2 N–H and O–H groups in total. The third-order valence-electron chi connectivity index (χ3n) is 4.64. The van der Waals surface area contributed by atoms with Crippen molar-refractivity contribution < 1.29 is 18.7 Å². The minimum Gasteiger partial charge on any atom is -0.393 e. The van der Waals surface area contributed by atoms with E-state index in [4.69, 9.17) is 0 Å². The van der Waals surface area contributed by atoms with E-state index >= 15 is 0 Å². The summed E-state index contributed by atoms with van der Waals surface area (Å²) < 4.78 is 26.8. The van der Waals surface area contributed by atoms with Crippen molar-refractivity contribution in [1.29, 1.82) is 0 Å². The number of hydrogen-bond donors (Lipinski definition) is 2. The van der Waals surface area contributed by atoms with Crippen LogP contribution in [0.1, 0.15) is 37.2 Å². The van der Waals surface area contributed by atoms with Gasteiger partial charge in [0.1, 0.15) is 11.6 Å². The summed E-state index contributed by atoms with van der Waals surface area (Å²) >= 11 is 0. The second-order valence-corrected chi connectivity index (χ2v) is 6.12. The van der Waals surface area contributed by atoms with Crippen LogP contribution in [-0.4, -0.2) is 23.7 Å². The number of hydrogen-bond acceptors (Lipinski definition) is 2. The van der Waals surface area contributed by atoms with E-state index < -0.39 is 11.6 Å². The van der Waals surface area contributed by atoms with E-state index in [0.717, 1.165) is 31.4 Å². The molecule has 114 valence electrons.